The summed E-state index contributed by atoms with van der Waals surface area (Å²) in [5.74, 6) is -1.91. The number of rotatable bonds is 4. The van der Waals surface area contributed by atoms with Gasteiger partial charge in [-0.25, -0.2) is 4.79 Å². The van der Waals surface area contributed by atoms with Crippen LogP contribution in [0.25, 0.3) is 0 Å². The summed E-state index contributed by atoms with van der Waals surface area (Å²) in [6, 6.07) is 0. The number of carbonyl (C=O) groups is 2. The highest BCUT2D eigenvalue weighted by atomic mass is 16.6. The van der Waals surface area contributed by atoms with Gasteiger partial charge in [0.25, 0.3) is 6.47 Å². The van der Waals surface area contributed by atoms with Crippen LogP contribution in [0.1, 0.15) is 6.42 Å². The third-order valence-corrected chi connectivity index (χ3v) is 1.53. The van der Waals surface area contributed by atoms with E-state index in [0.29, 0.717) is 0 Å². The fraction of sp³-hybridized carbons (Fsp3) is 0.429. The maximum absolute atomic E-state index is 10.7. The van der Waals surface area contributed by atoms with Crippen molar-refractivity contribution in [3.63, 3.8) is 0 Å². The van der Waals surface area contributed by atoms with Crippen molar-refractivity contribution < 1.29 is 29.3 Å². The first-order valence-corrected chi connectivity index (χ1v) is 3.56. The van der Waals surface area contributed by atoms with Crippen molar-refractivity contribution in [3.8, 4) is 0 Å². The summed E-state index contributed by atoms with van der Waals surface area (Å²) >= 11 is 0. The van der Waals surface area contributed by atoms with E-state index >= 15 is 0 Å². The Morgan fingerprint density at radius 1 is 1.62 bits per heavy atom. The Morgan fingerprint density at radius 2 is 2.31 bits per heavy atom. The van der Waals surface area contributed by atoms with Crippen molar-refractivity contribution in [2.75, 3.05) is 6.61 Å². The molecule has 0 spiro atoms. The molecule has 6 nitrogen and oxygen atoms in total. The molecule has 0 bridgehead atoms. The lowest BCUT2D eigenvalue weighted by Gasteiger charge is -2.08. The second kappa shape index (κ2) is 3.90. The molecule has 1 aliphatic rings. The molecule has 1 unspecified atom stereocenters. The first-order valence-electron chi connectivity index (χ1n) is 3.56. The summed E-state index contributed by atoms with van der Waals surface area (Å²) in [7, 11) is 0. The Kier molecular flexibility index (Phi) is 2.86. The highest BCUT2D eigenvalue weighted by Crippen LogP contribution is 2.23. The van der Waals surface area contributed by atoms with Crippen LogP contribution in [0.5, 0.6) is 0 Å². The number of ether oxygens (including phenoxy) is 2. The summed E-state index contributed by atoms with van der Waals surface area (Å²) in [5.41, 5.74) is 0. The molecule has 2 N–H and O–H groups in total. The zero-order chi connectivity index (χ0) is 9.84. The standard InChI is InChI=1S/C7H8O6/c8-2-1-4-6(12-3-9)5(10)7(11)13-4/h3-4,8,10H,1-2H2. The average Bonchev–Trinajstić information content (AvgIpc) is 2.34. The largest absolute Gasteiger partial charge is 0.499 e. The third kappa shape index (κ3) is 1.78. The van der Waals surface area contributed by atoms with Crippen LogP contribution >= 0.6 is 0 Å². The molecule has 0 radical (unpaired) electrons. The van der Waals surface area contributed by atoms with Crippen LogP contribution in [0.3, 0.4) is 0 Å². The number of cyclic esters (lactones) is 1. The molecule has 0 aromatic heterocycles. The van der Waals surface area contributed by atoms with Gasteiger partial charge in [0.05, 0.1) is 0 Å². The predicted octanol–water partition coefficient (Wildman–Crippen LogP) is -0.763. The van der Waals surface area contributed by atoms with Crippen LogP contribution in [-0.4, -0.2) is 35.4 Å². The van der Waals surface area contributed by atoms with Crippen molar-refractivity contribution >= 4 is 12.4 Å². The van der Waals surface area contributed by atoms with Gasteiger partial charge in [-0.3, -0.25) is 4.79 Å². The molecule has 0 saturated carbocycles. The van der Waals surface area contributed by atoms with Gasteiger partial charge in [0.2, 0.25) is 5.76 Å². The number of esters is 1. The molecule has 1 heterocycles. The monoisotopic (exact) mass is 188 g/mol. The molecule has 1 aliphatic heterocycles. The van der Waals surface area contributed by atoms with Gasteiger partial charge in [0, 0.05) is 13.0 Å². The molecule has 0 fully saturated rings. The summed E-state index contributed by atoms with van der Waals surface area (Å²) in [6.45, 7) is -0.158. The van der Waals surface area contributed by atoms with E-state index in [-0.39, 0.29) is 25.3 Å². The van der Waals surface area contributed by atoms with Crippen molar-refractivity contribution in [2.45, 2.75) is 12.5 Å². The molecule has 0 aromatic rings. The molecular formula is C7H8O6. The molecule has 72 valence electrons. The van der Waals surface area contributed by atoms with E-state index in [0.717, 1.165) is 0 Å². The molecule has 0 amide bonds. The maximum atomic E-state index is 10.7. The van der Waals surface area contributed by atoms with E-state index in [4.69, 9.17) is 10.2 Å². The smallest absolute Gasteiger partial charge is 0.377 e. The Labute approximate surface area is 73.4 Å². The molecule has 13 heavy (non-hydrogen) atoms. The van der Waals surface area contributed by atoms with E-state index < -0.39 is 17.8 Å². The van der Waals surface area contributed by atoms with Gasteiger partial charge in [-0.1, -0.05) is 0 Å². The lowest BCUT2D eigenvalue weighted by Crippen LogP contribution is -2.14. The van der Waals surface area contributed by atoms with E-state index in [9.17, 15) is 9.59 Å². The molecule has 0 saturated heterocycles. The SMILES string of the molecule is O=COC1=C(O)C(=O)OC1CCO. The second-order valence-corrected chi connectivity index (χ2v) is 2.33. The van der Waals surface area contributed by atoms with Gasteiger partial charge in [0.15, 0.2) is 11.9 Å². The molecule has 0 aliphatic carbocycles. The van der Waals surface area contributed by atoms with Crippen molar-refractivity contribution in [1.29, 1.82) is 0 Å². The first-order chi connectivity index (χ1) is 6.20. The number of aliphatic hydroxyl groups excluding tert-OH is 2. The number of hydrogen-bond acceptors (Lipinski definition) is 6. The lowest BCUT2D eigenvalue weighted by atomic mass is 10.2. The average molecular weight is 188 g/mol. The molecule has 0 aromatic carbocycles. The first kappa shape index (κ1) is 9.53. The maximum Gasteiger partial charge on any atom is 0.377 e. The fourth-order valence-corrected chi connectivity index (χ4v) is 0.982. The van der Waals surface area contributed by atoms with Crippen LogP contribution in [0.15, 0.2) is 11.5 Å². The van der Waals surface area contributed by atoms with Crippen LogP contribution < -0.4 is 0 Å². The van der Waals surface area contributed by atoms with Gasteiger partial charge in [-0.2, -0.15) is 0 Å². The second-order valence-electron chi connectivity index (χ2n) is 2.33. The number of aliphatic hydroxyl groups is 2. The van der Waals surface area contributed by atoms with Gasteiger partial charge in [0.1, 0.15) is 0 Å². The summed E-state index contributed by atoms with van der Waals surface area (Å²) in [6.07, 6.45) is -0.790. The van der Waals surface area contributed by atoms with Crippen molar-refractivity contribution in [2.24, 2.45) is 0 Å². The van der Waals surface area contributed by atoms with E-state index in [1.165, 1.54) is 0 Å². The summed E-state index contributed by atoms with van der Waals surface area (Å²) in [5, 5.41) is 17.6. The molecule has 6 heteroatoms. The Hall–Kier alpha value is -1.56. The summed E-state index contributed by atoms with van der Waals surface area (Å²) in [4.78, 5) is 20.7. The zero-order valence-corrected chi connectivity index (χ0v) is 6.60. The highest BCUT2D eigenvalue weighted by molar-refractivity contribution is 5.89. The molecule has 1 rings (SSSR count). The van der Waals surface area contributed by atoms with Crippen LogP contribution in [0.2, 0.25) is 0 Å². The normalized spacial score (nSPS) is 21.6. The third-order valence-electron chi connectivity index (χ3n) is 1.53. The van der Waals surface area contributed by atoms with Gasteiger partial charge in [-0.05, 0) is 0 Å². The lowest BCUT2D eigenvalue weighted by molar-refractivity contribution is -0.143. The van der Waals surface area contributed by atoms with Crippen LogP contribution in [-0.2, 0) is 19.1 Å². The van der Waals surface area contributed by atoms with E-state index in [1.807, 2.05) is 0 Å². The van der Waals surface area contributed by atoms with Crippen molar-refractivity contribution in [1.82, 2.24) is 0 Å². The minimum absolute atomic E-state index is 0.0812. The number of hydrogen-bond donors (Lipinski definition) is 2. The minimum Gasteiger partial charge on any atom is -0.499 e. The topological polar surface area (TPSA) is 93.1 Å². The van der Waals surface area contributed by atoms with Gasteiger partial charge in [-0.15, -0.1) is 0 Å². The predicted molar refractivity (Wildman–Crippen MR) is 38.4 cm³/mol. The Balaban J connectivity index is 2.79. The quantitative estimate of drug-likeness (QED) is 0.444. The molecular weight excluding hydrogens is 180 g/mol. The summed E-state index contributed by atoms with van der Waals surface area (Å²) < 4.78 is 8.92. The van der Waals surface area contributed by atoms with Gasteiger partial charge < -0.3 is 19.7 Å². The Bertz CT molecular complexity index is 256. The fourth-order valence-electron chi connectivity index (χ4n) is 0.982. The van der Waals surface area contributed by atoms with Crippen LogP contribution in [0.4, 0.5) is 0 Å². The minimum atomic E-state index is -0.949. The molecule has 1 atom stereocenters. The van der Waals surface area contributed by atoms with E-state index in [1.54, 1.807) is 0 Å². The van der Waals surface area contributed by atoms with Gasteiger partial charge >= 0.3 is 5.97 Å². The van der Waals surface area contributed by atoms with Crippen LogP contribution in [0, 0.1) is 0 Å². The Morgan fingerprint density at radius 3 is 2.85 bits per heavy atom. The zero-order valence-electron chi connectivity index (χ0n) is 6.60. The number of carbonyl (C=O) groups excluding carboxylic acids is 2. The van der Waals surface area contributed by atoms with E-state index in [2.05, 4.69) is 9.47 Å². The van der Waals surface area contributed by atoms with Crippen molar-refractivity contribution in [3.05, 3.63) is 11.5 Å². The highest BCUT2D eigenvalue weighted by Gasteiger charge is 2.35.